The van der Waals surface area contributed by atoms with Crippen molar-refractivity contribution < 1.29 is 13.2 Å². The van der Waals surface area contributed by atoms with Gasteiger partial charge >= 0.3 is 5.51 Å². The second-order valence-corrected chi connectivity index (χ2v) is 8.15. The van der Waals surface area contributed by atoms with Crippen molar-refractivity contribution in [3.05, 3.63) is 29.3 Å². The molecule has 1 aromatic rings. The number of hydrogen-bond acceptors (Lipinski definition) is 2. The van der Waals surface area contributed by atoms with E-state index in [-0.39, 0.29) is 34.1 Å². The van der Waals surface area contributed by atoms with Crippen LogP contribution < -0.4 is 11.1 Å². The zero-order chi connectivity index (χ0) is 18.5. The first-order chi connectivity index (χ1) is 10.9. The molecule has 0 saturated heterocycles. The first-order valence-electron chi connectivity index (χ1n) is 7.87. The van der Waals surface area contributed by atoms with Crippen LogP contribution in [0.5, 0.6) is 0 Å². The van der Waals surface area contributed by atoms with Gasteiger partial charge in [-0.15, -0.1) is 0 Å². The molecule has 0 fully saturated rings. The van der Waals surface area contributed by atoms with Gasteiger partial charge in [0.2, 0.25) is 0 Å². The van der Waals surface area contributed by atoms with E-state index in [4.69, 9.17) is 11.1 Å². The maximum atomic E-state index is 12.7. The van der Waals surface area contributed by atoms with Gasteiger partial charge in [0.1, 0.15) is 0 Å². The molecule has 0 aliphatic heterocycles. The number of nitrogens with one attached hydrogen (secondary N) is 2. The number of benzene rings is 1. The summed E-state index contributed by atoms with van der Waals surface area (Å²) in [6.07, 6.45) is 2.30. The van der Waals surface area contributed by atoms with Gasteiger partial charge in [-0.2, -0.15) is 13.2 Å². The Morgan fingerprint density at radius 2 is 1.88 bits per heavy atom. The number of hydrogen-bond donors (Lipinski definition) is 3. The Morgan fingerprint density at radius 3 is 2.38 bits per heavy atom. The molecule has 1 atom stereocenters. The predicted octanol–water partition coefficient (Wildman–Crippen LogP) is 4.79. The van der Waals surface area contributed by atoms with Crippen LogP contribution in [0.25, 0.3) is 0 Å². The van der Waals surface area contributed by atoms with Gasteiger partial charge < -0.3 is 11.1 Å². The summed E-state index contributed by atoms with van der Waals surface area (Å²) >= 11 is -0.0636. The molecule has 0 bridgehead atoms. The summed E-state index contributed by atoms with van der Waals surface area (Å²) in [4.78, 5) is 0.236. The summed E-state index contributed by atoms with van der Waals surface area (Å²) in [6, 6.07) is 5.30. The monoisotopic (exact) mass is 361 g/mol. The average molecular weight is 361 g/mol. The minimum atomic E-state index is -4.28. The molecule has 0 saturated carbocycles. The predicted molar refractivity (Wildman–Crippen MR) is 94.5 cm³/mol. The van der Waals surface area contributed by atoms with Crippen molar-refractivity contribution in [2.75, 3.05) is 0 Å². The Balaban J connectivity index is 2.85. The largest absolute Gasteiger partial charge is 0.446 e. The van der Waals surface area contributed by atoms with Gasteiger partial charge in [-0.3, -0.25) is 5.41 Å². The summed E-state index contributed by atoms with van der Waals surface area (Å²) < 4.78 is 38.1. The van der Waals surface area contributed by atoms with E-state index >= 15 is 0 Å². The van der Waals surface area contributed by atoms with Crippen molar-refractivity contribution in [3.8, 4) is 0 Å². The molecule has 0 amide bonds. The molecular formula is C17H26F3N3S. The van der Waals surface area contributed by atoms with Gasteiger partial charge in [0.05, 0.1) is 0 Å². The van der Waals surface area contributed by atoms with E-state index in [0.717, 1.165) is 24.0 Å². The van der Waals surface area contributed by atoms with Gasteiger partial charge in [-0.1, -0.05) is 26.8 Å². The third-order valence-electron chi connectivity index (χ3n) is 3.57. The summed E-state index contributed by atoms with van der Waals surface area (Å²) in [5, 5.41) is 10.0. The summed E-state index contributed by atoms with van der Waals surface area (Å²) in [7, 11) is 0. The molecule has 0 radical (unpaired) electrons. The van der Waals surface area contributed by atoms with Crippen LogP contribution in [0.1, 0.15) is 51.7 Å². The first-order valence-corrected chi connectivity index (χ1v) is 8.69. The number of nitrogens with two attached hydrogens (primary N) is 1. The second-order valence-electron chi connectivity index (χ2n) is 7.01. The highest BCUT2D eigenvalue weighted by molar-refractivity contribution is 8.00. The zero-order valence-electron chi connectivity index (χ0n) is 14.6. The highest BCUT2D eigenvalue weighted by atomic mass is 32.2. The summed E-state index contributed by atoms with van der Waals surface area (Å²) in [5.74, 6) is -0.0684. The smallest absolute Gasteiger partial charge is 0.370 e. The van der Waals surface area contributed by atoms with Gasteiger partial charge in [0, 0.05) is 10.9 Å². The number of guanidine groups is 1. The number of alkyl halides is 3. The van der Waals surface area contributed by atoms with E-state index in [9.17, 15) is 13.2 Å². The molecule has 24 heavy (non-hydrogen) atoms. The van der Waals surface area contributed by atoms with Crippen molar-refractivity contribution in [2.45, 2.75) is 68.8 Å². The minimum absolute atomic E-state index is 0.0636. The first kappa shape index (κ1) is 20.7. The average Bonchev–Trinajstić information content (AvgIpc) is 2.34. The van der Waals surface area contributed by atoms with E-state index in [0.29, 0.717) is 6.42 Å². The molecule has 0 unspecified atom stereocenters. The lowest BCUT2D eigenvalue weighted by atomic mass is 9.85. The van der Waals surface area contributed by atoms with Crippen molar-refractivity contribution in [2.24, 2.45) is 5.73 Å². The topological polar surface area (TPSA) is 61.9 Å². The number of halogens is 3. The van der Waals surface area contributed by atoms with E-state index in [2.05, 4.69) is 5.32 Å². The van der Waals surface area contributed by atoms with E-state index in [1.165, 1.54) is 0 Å². The standard InChI is InChI=1S/C17H26F3N3S/c1-11(23-15(21)22)6-5-7-12-8-13(16(2,3)4)10-14(9-12)24-17(18,19)20/h8-11H,5-7H2,1-4H3,(H4,21,22,23)/t11-/m0/s1. The quantitative estimate of drug-likeness (QED) is 0.388. The van der Waals surface area contributed by atoms with Crippen LogP contribution in [0.3, 0.4) is 0 Å². The molecule has 0 spiro atoms. The third-order valence-corrected chi connectivity index (χ3v) is 4.27. The van der Waals surface area contributed by atoms with Crippen LogP contribution in [-0.2, 0) is 11.8 Å². The second kappa shape index (κ2) is 8.14. The zero-order valence-corrected chi connectivity index (χ0v) is 15.4. The molecule has 0 aliphatic carbocycles. The van der Waals surface area contributed by atoms with Crippen LogP contribution in [0.2, 0.25) is 0 Å². The molecular weight excluding hydrogens is 335 g/mol. The lowest BCUT2D eigenvalue weighted by Gasteiger charge is -2.22. The molecule has 0 heterocycles. The highest BCUT2D eigenvalue weighted by Gasteiger charge is 2.30. The van der Waals surface area contributed by atoms with Gasteiger partial charge in [-0.05, 0) is 66.6 Å². The van der Waals surface area contributed by atoms with Crippen LogP contribution in [0, 0.1) is 5.41 Å². The van der Waals surface area contributed by atoms with E-state index < -0.39 is 5.51 Å². The fourth-order valence-electron chi connectivity index (χ4n) is 2.38. The maximum Gasteiger partial charge on any atom is 0.446 e. The SMILES string of the molecule is C[C@@H](CCCc1cc(SC(F)(F)F)cc(C(C)(C)C)c1)NC(=N)N. The Kier molecular flexibility index (Phi) is 7.01. The molecule has 1 rings (SSSR count). The fourth-order valence-corrected chi connectivity index (χ4v) is 3.04. The Morgan fingerprint density at radius 1 is 1.25 bits per heavy atom. The summed E-state index contributed by atoms with van der Waals surface area (Å²) in [5.41, 5.74) is 2.60. The van der Waals surface area contributed by atoms with Gasteiger partial charge in [0.25, 0.3) is 0 Å². The highest BCUT2D eigenvalue weighted by Crippen LogP contribution is 2.39. The lowest BCUT2D eigenvalue weighted by Crippen LogP contribution is -2.37. The van der Waals surface area contributed by atoms with Gasteiger partial charge in [-0.25, -0.2) is 0 Å². The van der Waals surface area contributed by atoms with Crippen molar-refractivity contribution in [1.29, 1.82) is 5.41 Å². The van der Waals surface area contributed by atoms with Crippen LogP contribution >= 0.6 is 11.8 Å². The molecule has 0 aromatic heterocycles. The summed E-state index contributed by atoms with van der Waals surface area (Å²) in [6.45, 7) is 7.91. The van der Waals surface area contributed by atoms with Crippen LogP contribution in [0.4, 0.5) is 13.2 Å². The van der Waals surface area contributed by atoms with Crippen LogP contribution in [-0.4, -0.2) is 17.5 Å². The minimum Gasteiger partial charge on any atom is -0.370 e. The van der Waals surface area contributed by atoms with Crippen molar-refractivity contribution >= 4 is 17.7 Å². The number of aryl methyl sites for hydroxylation is 1. The number of thioether (sulfide) groups is 1. The Bertz CT molecular complexity index is 565. The van der Waals surface area contributed by atoms with E-state index in [1.807, 2.05) is 33.8 Å². The molecule has 136 valence electrons. The van der Waals surface area contributed by atoms with Crippen LogP contribution in [0.15, 0.2) is 23.1 Å². The Labute approximate surface area is 146 Å². The number of rotatable bonds is 6. The molecule has 0 aliphatic rings. The van der Waals surface area contributed by atoms with E-state index in [1.54, 1.807) is 12.1 Å². The third kappa shape index (κ3) is 7.95. The fraction of sp³-hybridized carbons (Fsp3) is 0.588. The molecule has 4 N–H and O–H groups in total. The molecule has 1 aromatic carbocycles. The van der Waals surface area contributed by atoms with Crippen molar-refractivity contribution in [3.63, 3.8) is 0 Å². The lowest BCUT2D eigenvalue weighted by molar-refractivity contribution is -0.0328. The molecule has 7 heteroatoms. The Hall–Kier alpha value is -1.37. The maximum absolute atomic E-state index is 12.7. The molecule has 3 nitrogen and oxygen atoms in total. The van der Waals surface area contributed by atoms with Gasteiger partial charge in [0.15, 0.2) is 5.96 Å². The normalized spacial score (nSPS) is 13.6. The van der Waals surface area contributed by atoms with Crippen molar-refractivity contribution in [1.82, 2.24) is 5.32 Å².